The van der Waals surface area contributed by atoms with E-state index >= 15 is 0 Å². The van der Waals surface area contributed by atoms with Gasteiger partial charge in [-0.25, -0.2) is 0 Å². The SMILES string of the molecule is Cc1ccc(-c2nnc(C[C@H]3CCC[C@@H]3O)c3cnccc23)c(O)c1. The predicted octanol–water partition coefficient (Wildman–Crippen LogP) is 3.41. The summed E-state index contributed by atoms with van der Waals surface area (Å²) in [5.74, 6) is 0.433. The third-order valence-electron chi connectivity index (χ3n) is 5.14. The Hall–Kier alpha value is -2.53. The zero-order chi connectivity index (χ0) is 17.4. The maximum Gasteiger partial charge on any atom is 0.125 e. The summed E-state index contributed by atoms with van der Waals surface area (Å²) in [5, 5.41) is 31.1. The Balaban J connectivity index is 1.81. The predicted molar refractivity (Wildman–Crippen MR) is 96.2 cm³/mol. The van der Waals surface area contributed by atoms with Gasteiger partial charge < -0.3 is 10.2 Å². The molecule has 1 fully saturated rings. The van der Waals surface area contributed by atoms with Gasteiger partial charge in [0.25, 0.3) is 0 Å². The number of phenolic OH excluding ortho intramolecular Hbond substituents is 1. The number of rotatable bonds is 3. The van der Waals surface area contributed by atoms with Crippen molar-refractivity contribution in [3.8, 4) is 17.0 Å². The smallest absolute Gasteiger partial charge is 0.125 e. The highest BCUT2D eigenvalue weighted by atomic mass is 16.3. The van der Waals surface area contributed by atoms with Crippen LogP contribution in [0.5, 0.6) is 5.75 Å². The number of aliphatic hydroxyl groups excluding tert-OH is 1. The average Bonchev–Trinajstić information content (AvgIpc) is 3.01. The Bertz CT molecular complexity index is 926. The van der Waals surface area contributed by atoms with Gasteiger partial charge in [-0.15, -0.1) is 5.10 Å². The number of nitrogens with zero attached hydrogens (tertiary/aromatic N) is 3. The third-order valence-corrected chi connectivity index (χ3v) is 5.14. The first kappa shape index (κ1) is 16.0. The molecule has 1 saturated carbocycles. The van der Waals surface area contributed by atoms with E-state index in [4.69, 9.17) is 0 Å². The lowest BCUT2D eigenvalue weighted by Crippen LogP contribution is -2.16. The van der Waals surface area contributed by atoms with Crippen LogP contribution in [0, 0.1) is 12.8 Å². The number of hydrogen-bond donors (Lipinski definition) is 2. The minimum atomic E-state index is -0.255. The van der Waals surface area contributed by atoms with Crippen molar-refractivity contribution < 1.29 is 10.2 Å². The van der Waals surface area contributed by atoms with E-state index in [1.807, 2.05) is 25.1 Å². The highest BCUT2D eigenvalue weighted by Crippen LogP contribution is 2.35. The van der Waals surface area contributed by atoms with E-state index in [0.29, 0.717) is 17.7 Å². The molecule has 1 aromatic carbocycles. The quantitative estimate of drug-likeness (QED) is 0.767. The standard InChI is InChI=1S/C20H21N3O2/c1-12-5-6-15(19(25)9-12)20-14-7-8-21-11-16(14)17(22-23-20)10-13-3-2-4-18(13)24/h5-9,11,13,18,24-25H,2-4,10H2,1H3/t13-,18+/m1/s1. The van der Waals surface area contributed by atoms with Gasteiger partial charge in [0.15, 0.2) is 0 Å². The van der Waals surface area contributed by atoms with Gasteiger partial charge in [-0.05, 0) is 55.9 Å². The van der Waals surface area contributed by atoms with Gasteiger partial charge in [0.2, 0.25) is 0 Å². The summed E-state index contributed by atoms with van der Waals surface area (Å²) in [5.41, 5.74) is 3.18. The van der Waals surface area contributed by atoms with Crippen LogP contribution in [0.15, 0.2) is 36.7 Å². The molecule has 1 aliphatic rings. The van der Waals surface area contributed by atoms with E-state index < -0.39 is 0 Å². The number of hydrogen-bond acceptors (Lipinski definition) is 5. The molecule has 2 aromatic heterocycles. The number of aliphatic hydroxyl groups is 1. The maximum atomic E-state index is 10.3. The van der Waals surface area contributed by atoms with Crippen LogP contribution in [-0.4, -0.2) is 31.5 Å². The van der Waals surface area contributed by atoms with Crippen molar-refractivity contribution in [1.29, 1.82) is 0 Å². The molecular weight excluding hydrogens is 314 g/mol. The van der Waals surface area contributed by atoms with Gasteiger partial charge in [0.1, 0.15) is 11.4 Å². The largest absolute Gasteiger partial charge is 0.507 e. The summed E-state index contributed by atoms with van der Waals surface area (Å²) in [6, 6.07) is 7.46. The molecular formula is C20H21N3O2. The van der Waals surface area contributed by atoms with Crippen molar-refractivity contribution in [3.05, 3.63) is 47.9 Å². The lowest BCUT2D eigenvalue weighted by molar-refractivity contribution is 0.132. The van der Waals surface area contributed by atoms with E-state index in [1.54, 1.807) is 18.5 Å². The fourth-order valence-electron chi connectivity index (χ4n) is 3.74. The Labute approximate surface area is 146 Å². The lowest BCUT2D eigenvalue weighted by atomic mass is 9.96. The topological polar surface area (TPSA) is 79.1 Å². The van der Waals surface area contributed by atoms with Crippen LogP contribution in [0.4, 0.5) is 0 Å². The van der Waals surface area contributed by atoms with Crippen LogP contribution >= 0.6 is 0 Å². The van der Waals surface area contributed by atoms with Crippen molar-refractivity contribution >= 4 is 10.8 Å². The minimum absolute atomic E-state index is 0.200. The minimum Gasteiger partial charge on any atom is -0.507 e. The number of pyridine rings is 1. The monoisotopic (exact) mass is 335 g/mol. The van der Waals surface area contributed by atoms with Gasteiger partial charge >= 0.3 is 0 Å². The molecule has 0 bridgehead atoms. The molecule has 0 unspecified atom stereocenters. The number of aryl methyl sites for hydroxylation is 1. The van der Waals surface area contributed by atoms with Crippen LogP contribution in [0.25, 0.3) is 22.0 Å². The Morgan fingerprint density at radius 3 is 2.76 bits per heavy atom. The first-order valence-corrected chi connectivity index (χ1v) is 8.71. The van der Waals surface area contributed by atoms with E-state index in [1.165, 1.54) is 0 Å². The zero-order valence-corrected chi connectivity index (χ0v) is 14.2. The molecule has 0 saturated heterocycles. The highest BCUT2D eigenvalue weighted by Gasteiger charge is 2.27. The molecule has 5 nitrogen and oxygen atoms in total. The van der Waals surface area contributed by atoms with Crippen molar-refractivity contribution in [2.45, 2.75) is 38.7 Å². The number of fused-ring (bicyclic) bond motifs is 1. The molecule has 2 atom stereocenters. The first-order valence-electron chi connectivity index (χ1n) is 8.71. The first-order chi connectivity index (χ1) is 12.1. The molecule has 0 radical (unpaired) electrons. The normalized spacial score (nSPS) is 20.2. The molecule has 128 valence electrons. The lowest BCUT2D eigenvalue weighted by Gasteiger charge is -2.15. The van der Waals surface area contributed by atoms with E-state index in [9.17, 15) is 10.2 Å². The van der Waals surface area contributed by atoms with E-state index in [2.05, 4.69) is 15.2 Å². The van der Waals surface area contributed by atoms with Crippen molar-refractivity contribution in [2.24, 2.45) is 5.92 Å². The average molecular weight is 335 g/mol. The van der Waals surface area contributed by atoms with Crippen LogP contribution < -0.4 is 0 Å². The second kappa shape index (κ2) is 6.41. The summed E-state index contributed by atoms with van der Waals surface area (Å²) in [6.07, 6.45) is 6.92. The number of phenols is 1. The molecule has 2 heterocycles. The van der Waals surface area contributed by atoms with Crippen molar-refractivity contribution in [2.75, 3.05) is 0 Å². The number of aromatic nitrogens is 3. The zero-order valence-electron chi connectivity index (χ0n) is 14.2. The highest BCUT2D eigenvalue weighted by molar-refractivity contribution is 5.96. The molecule has 0 amide bonds. The van der Waals surface area contributed by atoms with Crippen molar-refractivity contribution in [3.63, 3.8) is 0 Å². The van der Waals surface area contributed by atoms with Gasteiger partial charge in [0, 0.05) is 28.7 Å². The van der Waals surface area contributed by atoms with Crippen LogP contribution in [0.1, 0.15) is 30.5 Å². The summed E-state index contributed by atoms with van der Waals surface area (Å²) in [6.45, 7) is 1.94. The summed E-state index contributed by atoms with van der Waals surface area (Å²) in [4.78, 5) is 4.25. The van der Waals surface area contributed by atoms with Gasteiger partial charge in [-0.2, -0.15) is 5.10 Å². The molecule has 5 heteroatoms. The summed E-state index contributed by atoms with van der Waals surface area (Å²) >= 11 is 0. The van der Waals surface area contributed by atoms with Gasteiger partial charge in [-0.3, -0.25) is 4.98 Å². The third kappa shape index (κ3) is 2.96. The van der Waals surface area contributed by atoms with E-state index in [-0.39, 0.29) is 17.8 Å². The Morgan fingerprint density at radius 2 is 2.00 bits per heavy atom. The number of benzene rings is 1. The molecule has 3 aromatic rings. The molecule has 0 aliphatic heterocycles. The summed E-state index contributed by atoms with van der Waals surface area (Å²) < 4.78 is 0. The fraction of sp³-hybridized carbons (Fsp3) is 0.350. The van der Waals surface area contributed by atoms with Gasteiger partial charge in [0.05, 0.1) is 11.8 Å². The Morgan fingerprint density at radius 1 is 1.12 bits per heavy atom. The molecule has 1 aliphatic carbocycles. The fourth-order valence-corrected chi connectivity index (χ4v) is 3.74. The molecule has 0 spiro atoms. The second-order valence-corrected chi connectivity index (χ2v) is 6.90. The van der Waals surface area contributed by atoms with Crippen molar-refractivity contribution in [1.82, 2.24) is 15.2 Å². The summed E-state index contributed by atoms with van der Waals surface area (Å²) in [7, 11) is 0. The van der Waals surface area contributed by atoms with Crippen LogP contribution in [0.3, 0.4) is 0 Å². The second-order valence-electron chi connectivity index (χ2n) is 6.90. The van der Waals surface area contributed by atoms with E-state index in [0.717, 1.165) is 41.3 Å². The molecule has 4 rings (SSSR count). The molecule has 25 heavy (non-hydrogen) atoms. The Kier molecular flexibility index (Phi) is 4.09. The van der Waals surface area contributed by atoms with Gasteiger partial charge in [-0.1, -0.05) is 12.5 Å². The van der Waals surface area contributed by atoms with Crippen LogP contribution in [0.2, 0.25) is 0 Å². The maximum absolute atomic E-state index is 10.3. The number of aromatic hydroxyl groups is 1. The molecule has 2 N–H and O–H groups in total. The van der Waals surface area contributed by atoms with Crippen LogP contribution in [-0.2, 0) is 6.42 Å².